The molecule has 6 nitrogen and oxygen atoms in total. The summed E-state index contributed by atoms with van der Waals surface area (Å²) < 4.78 is 4.63. The van der Waals surface area contributed by atoms with Crippen molar-refractivity contribution in [3.05, 3.63) is 23.5 Å². The summed E-state index contributed by atoms with van der Waals surface area (Å²) in [5, 5.41) is 19.7. The van der Waals surface area contributed by atoms with Crippen molar-refractivity contribution in [3.8, 4) is 0 Å². The van der Waals surface area contributed by atoms with Gasteiger partial charge in [0.05, 0.1) is 12.7 Å². The van der Waals surface area contributed by atoms with Gasteiger partial charge in [-0.2, -0.15) is 0 Å². The van der Waals surface area contributed by atoms with Gasteiger partial charge in [0.25, 0.3) is 0 Å². The third-order valence-corrected chi connectivity index (χ3v) is 1.61. The van der Waals surface area contributed by atoms with Gasteiger partial charge in [-0.15, -0.1) is 0 Å². The molecular weight excluding hydrogens is 190 g/mol. The number of rotatable bonds is 2. The van der Waals surface area contributed by atoms with Gasteiger partial charge in [0.1, 0.15) is 0 Å². The molecule has 0 aromatic heterocycles. The summed E-state index contributed by atoms with van der Waals surface area (Å²) in [7, 11) is 1.23. The Hall–Kier alpha value is -2.11. The number of carbonyl (C=O) groups is 2. The van der Waals surface area contributed by atoms with Gasteiger partial charge in [0.2, 0.25) is 5.78 Å². The Morgan fingerprint density at radius 3 is 2.57 bits per heavy atom. The molecule has 0 aromatic carbocycles. The second-order valence-corrected chi connectivity index (χ2v) is 2.43. The molecule has 1 aliphatic carbocycles. The van der Waals surface area contributed by atoms with E-state index in [-0.39, 0.29) is 17.0 Å². The Labute approximate surface area is 78.8 Å². The number of aliphatic carboxylic acids is 1. The number of hydrogen-bond acceptors (Lipinski definition) is 5. The minimum Gasteiger partial charge on any atom is -0.493 e. The van der Waals surface area contributed by atoms with Crippen molar-refractivity contribution >= 4 is 17.5 Å². The molecule has 0 amide bonds. The maximum absolute atomic E-state index is 11.2. The normalized spacial score (nSPS) is 18.9. The molecule has 0 saturated carbocycles. The molecule has 6 heteroatoms. The maximum Gasteiger partial charge on any atom is 0.335 e. The van der Waals surface area contributed by atoms with Crippen LogP contribution in [0.15, 0.2) is 28.6 Å². The number of ketones is 1. The molecule has 1 rings (SSSR count). The van der Waals surface area contributed by atoms with Crippen LogP contribution < -0.4 is 0 Å². The number of Topliss-reactive ketones (excluding diaryl/α,β-unsaturated/α-hetero) is 1. The van der Waals surface area contributed by atoms with Gasteiger partial charge in [-0.25, -0.2) is 4.79 Å². The molecule has 0 saturated heterocycles. The maximum atomic E-state index is 11.2. The van der Waals surface area contributed by atoms with Gasteiger partial charge in [-0.05, 0) is 12.2 Å². The largest absolute Gasteiger partial charge is 0.493 e. The van der Waals surface area contributed by atoms with Crippen LogP contribution in [0.1, 0.15) is 0 Å². The van der Waals surface area contributed by atoms with Gasteiger partial charge in [-0.1, -0.05) is 5.16 Å². The van der Waals surface area contributed by atoms with Crippen molar-refractivity contribution in [3.63, 3.8) is 0 Å². The smallest absolute Gasteiger partial charge is 0.335 e. The van der Waals surface area contributed by atoms with E-state index in [1.54, 1.807) is 0 Å². The van der Waals surface area contributed by atoms with E-state index in [1.807, 2.05) is 0 Å². The van der Waals surface area contributed by atoms with E-state index >= 15 is 0 Å². The molecule has 0 fully saturated rings. The van der Waals surface area contributed by atoms with Crippen molar-refractivity contribution in [1.82, 2.24) is 0 Å². The summed E-state index contributed by atoms with van der Waals surface area (Å²) in [5.74, 6) is -2.05. The van der Waals surface area contributed by atoms with Gasteiger partial charge < -0.3 is 15.1 Å². The number of ether oxygens (including phenoxy) is 1. The number of methoxy groups -OCH3 is 1. The lowest BCUT2D eigenvalue weighted by Crippen LogP contribution is -2.21. The average molecular weight is 197 g/mol. The fraction of sp³-hybridized carbons (Fsp3) is 0.125. The van der Waals surface area contributed by atoms with Crippen molar-refractivity contribution in [1.29, 1.82) is 0 Å². The molecule has 1 aliphatic rings. The van der Waals surface area contributed by atoms with Gasteiger partial charge in [0, 0.05) is 0 Å². The number of oxime groups is 1. The highest BCUT2D eigenvalue weighted by atomic mass is 16.5. The monoisotopic (exact) mass is 197 g/mol. The third kappa shape index (κ3) is 1.63. The lowest BCUT2D eigenvalue weighted by molar-refractivity contribution is -0.132. The number of hydrogen-bond donors (Lipinski definition) is 2. The second-order valence-electron chi connectivity index (χ2n) is 2.43. The number of carboxylic acid groups (broad SMARTS) is 1. The first-order valence-electron chi connectivity index (χ1n) is 3.57. The van der Waals surface area contributed by atoms with Crippen LogP contribution in [0.4, 0.5) is 0 Å². The molecule has 0 heterocycles. The standard InChI is InChI=1S/C8H7NO5/c1-14-6-3-4(8(11)12)2-5(9-13)7(6)10/h2-3,13H,1H3,(H,11,12)/b9-5-. The summed E-state index contributed by atoms with van der Waals surface area (Å²) in [6, 6.07) is 0. The summed E-state index contributed by atoms with van der Waals surface area (Å²) in [6.07, 6.45) is 2.03. The minimum absolute atomic E-state index is 0.169. The fourth-order valence-corrected chi connectivity index (χ4v) is 0.937. The van der Waals surface area contributed by atoms with Crippen LogP contribution in [-0.2, 0) is 14.3 Å². The van der Waals surface area contributed by atoms with E-state index in [4.69, 9.17) is 10.3 Å². The summed E-state index contributed by atoms with van der Waals surface area (Å²) in [4.78, 5) is 21.8. The topological polar surface area (TPSA) is 96.2 Å². The van der Waals surface area contributed by atoms with Crippen molar-refractivity contribution in [2.45, 2.75) is 0 Å². The molecule has 2 N–H and O–H groups in total. The Morgan fingerprint density at radius 1 is 1.50 bits per heavy atom. The number of allylic oxidation sites excluding steroid dienone is 2. The molecule has 0 bridgehead atoms. The molecule has 0 radical (unpaired) electrons. The van der Waals surface area contributed by atoms with Crippen LogP contribution in [0, 0.1) is 0 Å². The first-order valence-corrected chi connectivity index (χ1v) is 3.57. The Morgan fingerprint density at radius 2 is 2.14 bits per heavy atom. The highest BCUT2D eigenvalue weighted by Crippen LogP contribution is 2.13. The van der Waals surface area contributed by atoms with Crippen molar-refractivity contribution in [2.75, 3.05) is 7.11 Å². The van der Waals surface area contributed by atoms with Crippen molar-refractivity contribution < 1.29 is 24.6 Å². The highest BCUT2D eigenvalue weighted by molar-refractivity contribution is 6.50. The summed E-state index contributed by atoms with van der Waals surface area (Å²) in [5.41, 5.74) is -0.531. The Bertz CT molecular complexity index is 377. The second kappa shape index (κ2) is 3.73. The van der Waals surface area contributed by atoms with Gasteiger partial charge >= 0.3 is 5.97 Å². The zero-order valence-electron chi connectivity index (χ0n) is 7.22. The predicted molar refractivity (Wildman–Crippen MR) is 45.0 cm³/mol. The van der Waals surface area contributed by atoms with Crippen LogP contribution in [-0.4, -0.2) is 34.9 Å². The van der Waals surface area contributed by atoms with Crippen LogP contribution >= 0.6 is 0 Å². The van der Waals surface area contributed by atoms with E-state index < -0.39 is 11.8 Å². The predicted octanol–water partition coefficient (Wildman–Crippen LogP) is -0.0594. The zero-order valence-corrected chi connectivity index (χ0v) is 7.22. The van der Waals surface area contributed by atoms with Gasteiger partial charge in [0.15, 0.2) is 11.5 Å². The lowest BCUT2D eigenvalue weighted by atomic mass is 10.0. The highest BCUT2D eigenvalue weighted by Gasteiger charge is 2.24. The number of nitrogens with zero attached hydrogens (tertiary/aromatic N) is 1. The molecular formula is C8H7NO5. The molecule has 0 unspecified atom stereocenters. The van der Waals surface area contributed by atoms with Crippen molar-refractivity contribution in [2.24, 2.45) is 5.16 Å². The van der Waals surface area contributed by atoms with E-state index in [0.29, 0.717) is 0 Å². The summed E-state index contributed by atoms with van der Waals surface area (Å²) in [6.45, 7) is 0. The number of carboxylic acids is 1. The van der Waals surface area contributed by atoms with E-state index in [2.05, 4.69) is 9.89 Å². The average Bonchev–Trinajstić information content (AvgIpc) is 2.17. The zero-order chi connectivity index (χ0) is 10.7. The SMILES string of the molecule is COC1=CC(C(=O)O)=C/C(=N/O)C1=O. The molecule has 0 aliphatic heterocycles. The molecule has 0 aromatic rings. The van der Waals surface area contributed by atoms with E-state index in [1.165, 1.54) is 7.11 Å². The minimum atomic E-state index is -1.23. The molecule has 74 valence electrons. The van der Waals surface area contributed by atoms with E-state index in [9.17, 15) is 9.59 Å². The first-order chi connectivity index (χ1) is 6.60. The van der Waals surface area contributed by atoms with Crippen LogP contribution in [0.2, 0.25) is 0 Å². The Kier molecular flexibility index (Phi) is 2.66. The fourth-order valence-electron chi connectivity index (χ4n) is 0.937. The van der Waals surface area contributed by atoms with Gasteiger partial charge in [-0.3, -0.25) is 4.79 Å². The molecule has 0 atom stereocenters. The van der Waals surface area contributed by atoms with Crippen LogP contribution in [0.25, 0.3) is 0 Å². The van der Waals surface area contributed by atoms with Crippen LogP contribution in [0.3, 0.4) is 0 Å². The quantitative estimate of drug-likeness (QED) is 0.367. The van der Waals surface area contributed by atoms with E-state index in [0.717, 1.165) is 12.2 Å². The van der Waals surface area contributed by atoms with Crippen LogP contribution in [0.5, 0.6) is 0 Å². The summed E-state index contributed by atoms with van der Waals surface area (Å²) >= 11 is 0. The Balaban J connectivity index is 3.19. The molecule has 14 heavy (non-hydrogen) atoms. The third-order valence-electron chi connectivity index (χ3n) is 1.61. The first kappa shape index (κ1) is 9.97. The number of carbonyl (C=O) groups excluding carboxylic acids is 1. The lowest BCUT2D eigenvalue weighted by Gasteiger charge is -2.09. The molecule has 0 spiro atoms.